The molecular formula is C22H25F3N2O5S. The van der Waals surface area contributed by atoms with Gasteiger partial charge in [0, 0.05) is 19.0 Å². The quantitative estimate of drug-likeness (QED) is 0.453. The number of aliphatic hydroxyl groups excluding tert-OH is 1. The summed E-state index contributed by atoms with van der Waals surface area (Å²) in [4.78, 5) is 12.2. The Hall–Kier alpha value is -2.63. The van der Waals surface area contributed by atoms with E-state index in [0.29, 0.717) is 6.42 Å². The summed E-state index contributed by atoms with van der Waals surface area (Å²) in [6, 6.07) is 10.6. The van der Waals surface area contributed by atoms with Crippen LogP contribution in [0.3, 0.4) is 0 Å². The first-order chi connectivity index (χ1) is 15.5. The van der Waals surface area contributed by atoms with Gasteiger partial charge in [0.2, 0.25) is 15.9 Å². The van der Waals surface area contributed by atoms with E-state index in [1.165, 1.54) is 24.3 Å². The van der Waals surface area contributed by atoms with Crippen LogP contribution in [0.4, 0.5) is 13.2 Å². The number of rotatable bonds is 11. The van der Waals surface area contributed by atoms with Crippen LogP contribution < -0.4 is 14.8 Å². The van der Waals surface area contributed by atoms with Gasteiger partial charge in [-0.15, -0.1) is 0 Å². The third kappa shape index (κ3) is 8.02. The zero-order valence-electron chi connectivity index (χ0n) is 17.6. The molecule has 1 aliphatic rings. The number of nitrogens with one attached hydrogen (secondary N) is 2. The van der Waals surface area contributed by atoms with Crippen LogP contribution in [0.1, 0.15) is 30.4 Å². The fourth-order valence-electron chi connectivity index (χ4n) is 2.92. The molecule has 1 fully saturated rings. The van der Waals surface area contributed by atoms with Crippen molar-refractivity contribution in [3.63, 3.8) is 0 Å². The molecule has 2 aromatic carbocycles. The maximum absolute atomic E-state index is 12.7. The minimum atomic E-state index is -4.49. The molecule has 33 heavy (non-hydrogen) atoms. The average Bonchev–Trinajstić information content (AvgIpc) is 3.58. The van der Waals surface area contributed by atoms with Crippen molar-refractivity contribution < 1.29 is 36.2 Å². The second-order valence-electron chi connectivity index (χ2n) is 7.83. The van der Waals surface area contributed by atoms with Crippen molar-refractivity contribution in [2.75, 3.05) is 13.2 Å². The van der Waals surface area contributed by atoms with E-state index in [1.54, 1.807) is 12.1 Å². The first kappa shape index (κ1) is 25.0. The molecule has 1 atom stereocenters. The lowest BCUT2D eigenvalue weighted by atomic mass is 10.1. The van der Waals surface area contributed by atoms with Gasteiger partial charge in [-0.3, -0.25) is 4.79 Å². The van der Waals surface area contributed by atoms with Crippen LogP contribution in [0.2, 0.25) is 0 Å². The summed E-state index contributed by atoms with van der Waals surface area (Å²) in [5.41, 5.74) is -0.0726. The zero-order chi connectivity index (χ0) is 24.1. The van der Waals surface area contributed by atoms with Crippen molar-refractivity contribution in [1.82, 2.24) is 10.0 Å². The van der Waals surface area contributed by atoms with Gasteiger partial charge in [0.25, 0.3) is 0 Å². The number of halogens is 3. The Morgan fingerprint density at radius 3 is 2.48 bits per heavy atom. The summed E-state index contributed by atoms with van der Waals surface area (Å²) in [7, 11) is -3.52. The number of sulfonamides is 1. The van der Waals surface area contributed by atoms with Crippen molar-refractivity contribution >= 4 is 15.9 Å². The van der Waals surface area contributed by atoms with E-state index in [1.807, 2.05) is 0 Å². The molecule has 180 valence electrons. The molecule has 0 aromatic heterocycles. The number of benzene rings is 2. The third-order valence-corrected chi connectivity index (χ3v) is 6.45. The minimum absolute atomic E-state index is 0.0178. The topological polar surface area (TPSA) is 105 Å². The Morgan fingerprint density at radius 2 is 1.85 bits per heavy atom. The summed E-state index contributed by atoms with van der Waals surface area (Å²) in [6.07, 6.45) is -3.41. The number of hydrogen-bond donors (Lipinski definition) is 3. The van der Waals surface area contributed by atoms with E-state index >= 15 is 0 Å². The predicted molar refractivity (Wildman–Crippen MR) is 114 cm³/mol. The van der Waals surface area contributed by atoms with E-state index < -0.39 is 27.9 Å². The Morgan fingerprint density at radius 1 is 1.15 bits per heavy atom. The van der Waals surface area contributed by atoms with Crippen LogP contribution in [-0.4, -0.2) is 44.7 Å². The highest BCUT2D eigenvalue weighted by molar-refractivity contribution is 7.89. The van der Waals surface area contributed by atoms with Crippen molar-refractivity contribution in [2.45, 2.75) is 48.9 Å². The van der Waals surface area contributed by atoms with Gasteiger partial charge >= 0.3 is 6.18 Å². The number of amides is 1. The second-order valence-corrected chi connectivity index (χ2v) is 9.55. The molecule has 7 nitrogen and oxygen atoms in total. The molecule has 1 saturated carbocycles. The van der Waals surface area contributed by atoms with Crippen LogP contribution in [-0.2, 0) is 27.4 Å². The van der Waals surface area contributed by atoms with Crippen molar-refractivity contribution in [2.24, 2.45) is 0 Å². The van der Waals surface area contributed by atoms with Crippen LogP contribution in [0.15, 0.2) is 53.4 Å². The van der Waals surface area contributed by atoms with Crippen molar-refractivity contribution in [1.29, 1.82) is 0 Å². The number of ether oxygens (including phenoxy) is 1. The van der Waals surface area contributed by atoms with Crippen molar-refractivity contribution in [3.8, 4) is 5.75 Å². The third-order valence-electron chi connectivity index (χ3n) is 4.91. The first-order valence-corrected chi connectivity index (χ1v) is 11.9. The Bertz CT molecular complexity index is 1050. The molecule has 1 unspecified atom stereocenters. The highest BCUT2D eigenvalue weighted by atomic mass is 32.2. The second kappa shape index (κ2) is 10.5. The molecule has 1 amide bonds. The monoisotopic (exact) mass is 486 g/mol. The lowest BCUT2D eigenvalue weighted by Gasteiger charge is -2.14. The maximum atomic E-state index is 12.7. The molecule has 0 radical (unpaired) electrons. The van der Waals surface area contributed by atoms with Crippen LogP contribution in [0.5, 0.6) is 5.75 Å². The van der Waals surface area contributed by atoms with Crippen molar-refractivity contribution in [3.05, 3.63) is 59.7 Å². The molecule has 2 aromatic rings. The lowest BCUT2D eigenvalue weighted by molar-refractivity contribution is -0.137. The van der Waals surface area contributed by atoms with Crippen LogP contribution >= 0.6 is 0 Å². The number of aryl methyl sites for hydroxylation is 1. The molecule has 0 aliphatic heterocycles. The average molecular weight is 487 g/mol. The Balaban J connectivity index is 1.38. The molecule has 3 N–H and O–H groups in total. The van der Waals surface area contributed by atoms with Gasteiger partial charge in [0.15, 0.2) is 0 Å². The van der Waals surface area contributed by atoms with E-state index in [9.17, 15) is 31.5 Å². The molecule has 0 heterocycles. The standard InChI is InChI=1S/C22H25F3N2O5S/c23-22(24,25)16-2-1-3-19(12-16)32-14-18(28)13-26-21(29)11-6-15-4-9-20(10-5-15)33(30,31)27-17-7-8-17/h1-5,9-10,12,17-18,27-28H,6-8,11,13-14H2,(H,26,29). The fourth-order valence-corrected chi connectivity index (χ4v) is 4.22. The van der Waals surface area contributed by atoms with E-state index in [0.717, 1.165) is 30.5 Å². The molecule has 0 saturated heterocycles. The predicted octanol–water partition coefficient (Wildman–Crippen LogP) is 2.63. The first-order valence-electron chi connectivity index (χ1n) is 10.4. The SMILES string of the molecule is O=C(CCc1ccc(S(=O)(=O)NC2CC2)cc1)NCC(O)COc1cccc(C(F)(F)F)c1. The van der Waals surface area contributed by atoms with Crippen LogP contribution in [0, 0.1) is 0 Å². The Labute approximate surface area is 190 Å². The Kier molecular flexibility index (Phi) is 7.98. The highest BCUT2D eigenvalue weighted by Crippen LogP contribution is 2.31. The normalized spacial score (nSPS) is 15.2. The zero-order valence-corrected chi connectivity index (χ0v) is 18.5. The van der Waals surface area contributed by atoms with Gasteiger partial charge in [0.1, 0.15) is 18.5 Å². The minimum Gasteiger partial charge on any atom is -0.491 e. The maximum Gasteiger partial charge on any atom is 0.416 e. The summed E-state index contributed by atoms with van der Waals surface area (Å²) in [6.45, 7) is -0.409. The largest absolute Gasteiger partial charge is 0.491 e. The van der Waals surface area contributed by atoms with Gasteiger partial charge < -0.3 is 15.2 Å². The van der Waals surface area contributed by atoms with Gasteiger partial charge in [-0.25, -0.2) is 13.1 Å². The summed E-state index contributed by atoms with van der Waals surface area (Å²) in [5.74, 6) is -0.367. The highest BCUT2D eigenvalue weighted by Gasteiger charge is 2.30. The van der Waals surface area contributed by atoms with Gasteiger partial charge in [0.05, 0.1) is 10.5 Å². The fraction of sp³-hybridized carbons (Fsp3) is 0.409. The van der Waals surface area contributed by atoms with E-state index in [-0.39, 0.29) is 42.2 Å². The molecule has 11 heteroatoms. The lowest BCUT2D eigenvalue weighted by Crippen LogP contribution is -2.35. The summed E-state index contributed by atoms with van der Waals surface area (Å²) in [5, 5.41) is 12.5. The number of carbonyl (C=O) groups excluding carboxylic acids is 1. The van der Waals surface area contributed by atoms with Gasteiger partial charge in [-0.2, -0.15) is 13.2 Å². The molecule has 1 aliphatic carbocycles. The van der Waals surface area contributed by atoms with Crippen LogP contribution in [0.25, 0.3) is 0 Å². The summed E-state index contributed by atoms with van der Waals surface area (Å²) < 4.78 is 70.2. The smallest absolute Gasteiger partial charge is 0.416 e. The molecular weight excluding hydrogens is 461 g/mol. The number of carbonyl (C=O) groups is 1. The molecule has 3 rings (SSSR count). The molecule has 0 bridgehead atoms. The number of aliphatic hydroxyl groups is 1. The molecule has 0 spiro atoms. The summed E-state index contributed by atoms with van der Waals surface area (Å²) >= 11 is 0. The van der Waals surface area contributed by atoms with E-state index in [2.05, 4.69) is 10.0 Å². The van der Waals surface area contributed by atoms with Gasteiger partial charge in [-0.05, 0) is 55.2 Å². The van der Waals surface area contributed by atoms with Gasteiger partial charge in [-0.1, -0.05) is 18.2 Å². The van der Waals surface area contributed by atoms with E-state index in [4.69, 9.17) is 4.74 Å². The number of hydrogen-bond acceptors (Lipinski definition) is 5. The number of alkyl halides is 3.